The van der Waals surface area contributed by atoms with E-state index >= 15 is 0 Å². The highest BCUT2D eigenvalue weighted by molar-refractivity contribution is 9.12. The molecule has 0 radical (unpaired) electrons. The van der Waals surface area contributed by atoms with E-state index in [1.54, 1.807) is 0 Å². The van der Waals surface area contributed by atoms with E-state index in [9.17, 15) is 9.59 Å². The Labute approximate surface area is 136 Å². The Hall–Kier alpha value is -0.340. The van der Waals surface area contributed by atoms with Gasteiger partial charge in [0.1, 0.15) is 5.01 Å². The number of hydrogen-bond acceptors (Lipinski definition) is 5. The molecular weight excluding hydrogens is 410 g/mol. The first-order valence-electron chi connectivity index (χ1n) is 6.46. The fourth-order valence-corrected chi connectivity index (χ4v) is 6.49. The molecule has 6 atom stereocenters. The summed E-state index contributed by atoms with van der Waals surface area (Å²) in [6.07, 6.45) is 0.946. The van der Waals surface area contributed by atoms with Gasteiger partial charge >= 0.3 is 0 Å². The molecule has 8 heteroatoms. The summed E-state index contributed by atoms with van der Waals surface area (Å²) < 4.78 is 0. The number of hydrogen-bond donors (Lipinski definition) is 0. The zero-order valence-electron chi connectivity index (χ0n) is 10.5. The van der Waals surface area contributed by atoms with Gasteiger partial charge in [-0.2, -0.15) is 0 Å². The molecule has 0 aromatic carbocycles. The molecule has 0 spiro atoms. The van der Waals surface area contributed by atoms with Crippen molar-refractivity contribution in [2.24, 2.45) is 23.7 Å². The summed E-state index contributed by atoms with van der Waals surface area (Å²) in [6, 6.07) is 0. The molecule has 5 nitrogen and oxygen atoms in total. The number of carbonyl (C=O) groups is 2. The Bertz CT molecular complexity index is 590. The minimum atomic E-state index is -0.185. The predicted octanol–water partition coefficient (Wildman–Crippen LogP) is 2.13. The first-order chi connectivity index (χ1) is 9.50. The van der Waals surface area contributed by atoms with Gasteiger partial charge in [0.15, 0.2) is 0 Å². The molecule has 0 N–H and O–H groups in total. The Morgan fingerprint density at radius 3 is 2.10 bits per heavy atom. The molecule has 2 heterocycles. The van der Waals surface area contributed by atoms with E-state index < -0.39 is 0 Å². The maximum absolute atomic E-state index is 12.7. The number of rotatable bonds is 1. The second kappa shape index (κ2) is 4.33. The largest absolute Gasteiger partial charge is 0.274 e. The molecule has 1 saturated heterocycles. The number of aromatic nitrogens is 2. The number of imide groups is 1. The van der Waals surface area contributed by atoms with Crippen molar-refractivity contribution in [1.29, 1.82) is 0 Å². The average molecular weight is 421 g/mol. The lowest BCUT2D eigenvalue weighted by Crippen LogP contribution is -2.37. The van der Waals surface area contributed by atoms with Crippen molar-refractivity contribution in [2.45, 2.75) is 23.0 Å². The Balaban J connectivity index is 1.74. The predicted molar refractivity (Wildman–Crippen MR) is 81.1 cm³/mol. The molecule has 1 aliphatic heterocycles. The smallest absolute Gasteiger partial charge is 0.239 e. The number of nitrogens with zero attached hydrogens (tertiary/aromatic N) is 3. The fourth-order valence-electron chi connectivity index (χ4n) is 3.91. The Kier molecular flexibility index (Phi) is 2.89. The highest BCUT2D eigenvalue weighted by Crippen LogP contribution is 2.60. The van der Waals surface area contributed by atoms with E-state index in [2.05, 4.69) is 42.1 Å². The minimum absolute atomic E-state index is 0.0903. The van der Waals surface area contributed by atoms with Crippen LogP contribution >= 0.6 is 43.2 Å². The maximum atomic E-state index is 12.7. The third-order valence-corrected chi connectivity index (χ3v) is 8.72. The fraction of sp³-hybridized carbons (Fsp3) is 0.667. The number of carbonyl (C=O) groups excluding carboxylic acids is 2. The van der Waals surface area contributed by atoms with Crippen LogP contribution in [0.1, 0.15) is 11.4 Å². The van der Waals surface area contributed by atoms with Crippen molar-refractivity contribution in [3.63, 3.8) is 0 Å². The van der Waals surface area contributed by atoms with Gasteiger partial charge in [-0.15, -0.1) is 10.2 Å². The number of anilines is 1. The molecule has 2 amide bonds. The van der Waals surface area contributed by atoms with Crippen molar-refractivity contribution < 1.29 is 9.59 Å². The van der Waals surface area contributed by atoms with E-state index in [4.69, 9.17) is 0 Å². The molecule has 106 valence electrons. The second-order valence-electron chi connectivity index (χ2n) is 5.62. The van der Waals surface area contributed by atoms with Crippen LogP contribution in [-0.2, 0) is 9.59 Å². The first kappa shape index (κ1) is 13.3. The summed E-state index contributed by atoms with van der Waals surface area (Å²) in [4.78, 5) is 27.1. The van der Waals surface area contributed by atoms with Crippen molar-refractivity contribution in [2.75, 3.05) is 4.90 Å². The van der Waals surface area contributed by atoms with Gasteiger partial charge in [0.25, 0.3) is 0 Å². The second-order valence-corrected chi connectivity index (χ2v) is 8.89. The molecule has 3 aliphatic rings. The molecule has 2 saturated carbocycles. The van der Waals surface area contributed by atoms with Crippen molar-refractivity contribution >= 4 is 60.1 Å². The van der Waals surface area contributed by atoms with Gasteiger partial charge in [-0.3, -0.25) is 9.59 Å². The summed E-state index contributed by atoms with van der Waals surface area (Å²) in [5.74, 6) is -0.0700. The van der Waals surface area contributed by atoms with Gasteiger partial charge in [-0.25, -0.2) is 4.90 Å². The minimum Gasteiger partial charge on any atom is -0.274 e. The van der Waals surface area contributed by atoms with Crippen molar-refractivity contribution in [1.82, 2.24) is 10.2 Å². The normalized spacial score (nSPS) is 42.6. The first-order valence-corrected chi connectivity index (χ1v) is 9.11. The number of aryl methyl sites for hydroxylation is 1. The van der Waals surface area contributed by atoms with E-state index in [1.165, 1.54) is 16.2 Å². The Morgan fingerprint density at radius 1 is 1.10 bits per heavy atom. The van der Waals surface area contributed by atoms with Crippen LogP contribution in [0.2, 0.25) is 0 Å². The van der Waals surface area contributed by atoms with Gasteiger partial charge in [0, 0.05) is 9.65 Å². The molecule has 1 aromatic rings. The zero-order chi connectivity index (χ0) is 14.2. The van der Waals surface area contributed by atoms with Crippen molar-refractivity contribution in [3.05, 3.63) is 5.01 Å². The summed E-state index contributed by atoms with van der Waals surface area (Å²) in [5, 5.41) is 9.06. The highest BCUT2D eigenvalue weighted by atomic mass is 79.9. The van der Waals surface area contributed by atoms with Crippen molar-refractivity contribution in [3.8, 4) is 0 Å². The monoisotopic (exact) mass is 419 g/mol. The molecule has 4 rings (SSSR count). The molecule has 3 fully saturated rings. The molecule has 1 aromatic heterocycles. The molecule has 20 heavy (non-hydrogen) atoms. The lowest BCUT2D eigenvalue weighted by Gasteiger charge is -2.28. The SMILES string of the molecule is Cc1nnc(N2C(=O)[C@@H]3[C@H]4C[C@@H]([C@@H](Br)[C@H]4Br)[C@H]3C2=O)s1. The Morgan fingerprint density at radius 2 is 1.65 bits per heavy atom. The standard InChI is InChI=1S/C12H11Br2N3O2S/c1-3-15-16-12(20-3)17-10(18)6-4-2-5(7(6)11(17)19)9(14)8(4)13/h4-9H,2H2,1H3/t4-,5-,6-,7-,8-,9+/m1/s1. The molecule has 0 unspecified atom stereocenters. The van der Waals surface area contributed by atoms with Gasteiger partial charge < -0.3 is 0 Å². The van der Waals surface area contributed by atoms with Crippen LogP contribution in [-0.4, -0.2) is 31.7 Å². The summed E-state index contributed by atoms with van der Waals surface area (Å²) in [6.45, 7) is 1.82. The van der Waals surface area contributed by atoms with Crippen LogP contribution < -0.4 is 4.90 Å². The van der Waals surface area contributed by atoms with E-state index in [-0.39, 0.29) is 45.1 Å². The topological polar surface area (TPSA) is 63.2 Å². The summed E-state index contributed by atoms with van der Waals surface area (Å²) in [5.41, 5.74) is 0. The summed E-state index contributed by atoms with van der Waals surface area (Å²) in [7, 11) is 0. The van der Waals surface area contributed by atoms with Gasteiger partial charge in [0.2, 0.25) is 16.9 Å². The van der Waals surface area contributed by atoms with Gasteiger partial charge in [-0.1, -0.05) is 43.2 Å². The zero-order valence-corrected chi connectivity index (χ0v) is 14.5. The number of fused-ring (bicyclic) bond motifs is 5. The lowest BCUT2D eigenvalue weighted by atomic mass is 9.81. The van der Waals surface area contributed by atoms with Crippen LogP contribution in [0.5, 0.6) is 0 Å². The molecule has 2 bridgehead atoms. The number of halogens is 2. The highest BCUT2D eigenvalue weighted by Gasteiger charge is 2.66. The molecular formula is C12H11Br2N3O2S. The van der Waals surface area contributed by atoms with Crippen LogP contribution in [0, 0.1) is 30.6 Å². The van der Waals surface area contributed by atoms with Crippen LogP contribution in [0.3, 0.4) is 0 Å². The summed E-state index contributed by atoms with van der Waals surface area (Å²) >= 11 is 8.64. The molecule has 2 aliphatic carbocycles. The van der Waals surface area contributed by atoms with E-state index in [1.807, 2.05) is 6.92 Å². The van der Waals surface area contributed by atoms with Crippen LogP contribution in [0.15, 0.2) is 0 Å². The van der Waals surface area contributed by atoms with Crippen LogP contribution in [0.25, 0.3) is 0 Å². The number of alkyl halides is 2. The lowest BCUT2D eigenvalue weighted by molar-refractivity contribution is -0.123. The third kappa shape index (κ3) is 1.53. The average Bonchev–Trinajstić information content (AvgIpc) is 3.10. The third-order valence-electron chi connectivity index (χ3n) is 4.69. The quantitative estimate of drug-likeness (QED) is 0.515. The number of amides is 2. The van der Waals surface area contributed by atoms with Gasteiger partial charge in [0.05, 0.1) is 11.8 Å². The maximum Gasteiger partial charge on any atom is 0.239 e. The van der Waals surface area contributed by atoms with E-state index in [0.29, 0.717) is 5.13 Å². The van der Waals surface area contributed by atoms with Crippen LogP contribution in [0.4, 0.5) is 5.13 Å². The van der Waals surface area contributed by atoms with E-state index in [0.717, 1.165) is 11.4 Å². The van der Waals surface area contributed by atoms with Gasteiger partial charge in [-0.05, 0) is 25.2 Å².